The predicted molar refractivity (Wildman–Crippen MR) is 103 cm³/mol. The fourth-order valence-electron chi connectivity index (χ4n) is 2.91. The highest BCUT2D eigenvalue weighted by molar-refractivity contribution is 5.95. The molecule has 1 N–H and O–H groups in total. The highest BCUT2D eigenvalue weighted by Gasteiger charge is 2.31. The Morgan fingerprint density at radius 2 is 2.07 bits per heavy atom. The third-order valence-electron chi connectivity index (χ3n) is 4.50. The summed E-state index contributed by atoms with van der Waals surface area (Å²) in [7, 11) is 5.06. The van der Waals surface area contributed by atoms with Gasteiger partial charge in [-0.15, -0.1) is 0 Å². The number of aromatic nitrogens is 2. The van der Waals surface area contributed by atoms with E-state index in [0.717, 1.165) is 12.1 Å². The average Bonchev–Trinajstić information content (AvgIpc) is 3.37. The summed E-state index contributed by atoms with van der Waals surface area (Å²) in [6.07, 6.45) is -1.58. The SMILES string of the molecule is COc1cn(-c2cccc(C(F)(F)F)c2)nc1C(=O)NCC(c1ccco1)N(C)C. The molecule has 2 heterocycles. The predicted octanol–water partition coefficient (Wildman–Crippen LogP) is 3.53. The number of carbonyl (C=O) groups excluding carboxylic acids is 1. The van der Waals surface area contributed by atoms with Gasteiger partial charge in [0, 0.05) is 6.54 Å². The lowest BCUT2D eigenvalue weighted by atomic mass is 10.2. The van der Waals surface area contributed by atoms with E-state index < -0.39 is 17.6 Å². The summed E-state index contributed by atoms with van der Waals surface area (Å²) in [6.45, 7) is 0.235. The Kier molecular flexibility index (Phi) is 6.16. The number of carbonyl (C=O) groups is 1. The number of rotatable bonds is 7. The molecule has 1 aromatic carbocycles. The van der Waals surface area contributed by atoms with E-state index in [1.165, 1.54) is 30.1 Å². The van der Waals surface area contributed by atoms with Gasteiger partial charge in [-0.05, 0) is 44.4 Å². The number of nitrogens with zero attached hydrogens (tertiary/aromatic N) is 3. The molecule has 7 nitrogen and oxygen atoms in total. The van der Waals surface area contributed by atoms with Crippen molar-refractivity contribution in [3.05, 3.63) is 65.9 Å². The van der Waals surface area contributed by atoms with E-state index in [4.69, 9.17) is 9.15 Å². The van der Waals surface area contributed by atoms with Crippen LogP contribution in [-0.2, 0) is 6.18 Å². The molecule has 1 atom stereocenters. The molecule has 3 aromatic rings. The van der Waals surface area contributed by atoms with Crippen LogP contribution in [0.4, 0.5) is 13.2 Å². The summed E-state index contributed by atoms with van der Waals surface area (Å²) in [5.74, 6) is 0.307. The normalized spacial score (nSPS) is 12.8. The molecular formula is C20H21F3N4O3. The molecule has 1 unspecified atom stereocenters. The smallest absolute Gasteiger partial charge is 0.416 e. The molecule has 0 bridgehead atoms. The van der Waals surface area contributed by atoms with Crippen LogP contribution in [0.5, 0.6) is 5.75 Å². The van der Waals surface area contributed by atoms with Gasteiger partial charge >= 0.3 is 6.18 Å². The highest BCUT2D eigenvalue weighted by Crippen LogP contribution is 2.30. The number of methoxy groups -OCH3 is 1. The second-order valence-electron chi connectivity index (χ2n) is 6.74. The van der Waals surface area contributed by atoms with Gasteiger partial charge in [0.25, 0.3) is 5.91 Å². The second kappa shape index (κ2) is 8.62. The first-order valence-electron chi connectivity index (χ1n) is 9.00. The molecule has 0 fully saturated rings. The number of hydrogen-bond donors (Lipinski definition) is 1. The van der Waals surface area contributed by atoms with Crippen molar-refractivity contribution in [2.75, 3.05) is 27.7 Å². The minimum Gasteiger partial charge on any atom is -0.493 e. The zero-order chi connectivity index (χ0) is 21.9. The van der Waals surface area contributed by atoms with E-state index in [0.29, 0.717) is 5.76 Å². The maximum Gasteiger partial charge on any atom is 0.416 e. The standard InChI is InChI=1S/C20H21F3N4O3/c1-26(2)15(16-8-5-9-30-16)11-24-19(28)18-17(29-3)12-27(25-18)14-7-4-6-13(10-14)20(21,22)23/h4-10,12,15H,11H2,1-3H3,(H,24,28). The number of furan rings is 1. The van der Waals surface area contributed by atoms with Gasteiger partial charge in [0.15, 0.2) is 11.4 Å². The van der Waals surface area contributed by atoms with Crippen LogP contribution in [0.15, 0.2) is 53.3 Å². The minimum atomic E-state index is -4.49. The summed E-state index contributed by atoms with van der Waals surface area (Å²) < 4.78 is 50.8. The second-order valence-corrected chi connectivity index (χ2v) is 6.74. The molecule has 0 saturated carbocycles. The zero-order valence-corrected chi connectivity index (χ0v) is 16.6. The van der Waals surface area contributed by atoms with E-state index >= 15 is 0 Å². The van der Waals surface area contributed by atoms with Crippen molar-refractivity contribution in [3.8, 4) is 11.4 Å². The third kappa shape index (κ3) is 4.65. The van der Waals surface area contributed by atoms with E-state index in [2.05, 4.69) is 10.4 Å². The molecule has 30 heavy (non-hydrogen) atoms. The lowest BCUT2D eigenvalue weighted by Crippen LogP contribution is -2.34. The Bertz CT molecular complexity index is 997. The molecule has 0 aliphatic carbocycles. The highest BCUT2D eigenvalue weighted by atomic mass is 19.4. The number of hydrogen-bond acceptors (Lipinski definition) is 5. The van der Waals surface area contributed by atoms with Crippen LogP contribution in [0.25, 0.3) is 5.69 Å². The first-order valence-corrected chi connectivity index (χ1v) is 9.00. The van der Waals surface area contributed by atoms with Crippen LogP contribution in [0.2, 0.25) is 0 Å². The Morgan fingerprint density at radius 1 is 1.30 bits per heavy atom. The maximum absolute atomic E-state index is 13.0. The van der Waals surface area contributed by atoms with Gasteiger partial charge in [-0.3, -0.25) is 9.69 Å². The molecule has 2 aromatic heterocycles. The first-order chi connectivity index (χ1) is 14.2. The van der Waals surface area contributed by atoms with Crippen LogP contribution in [0.3, 0.4) is 0 Å². The number of nitrogens with one attached hydrogen (secondary N) is 1. The Hall–Kier alpha value is -3.27. The lowest BCUT2D eigenvalue weighted by Gasteiger charge is -2.22. The van der Waals surface area contributed by atoms with Gasteiger partial charge < -0.3 is 14.5 Å². The Morgan fingerprint density at radius 3 is 2.67 bits per heavy atom. The largest absolute Gasteiger partial charge is 0.493 e. The van der Waals surface area contributed by atoms with E-state index in [-0.39, 0.29) is 29.7 Å². The van der Waals surface area contributed by atoms with E-state index in [1.54, 1.807) is 18.4 Å². The number of ether oxygens (including phenoxy) is 1. The van der Waals surface area contributed by atoms with Gasteiger partial charge in [-0.2, -0.15) is 18.3 Å². The summed E-state index contributed by atoms with van der Waals surface area (Å²) >= 11 is 0. The molecular weight excluding hydrogens is 401 g/mol. The summed E-state index contributed by atoms with van der Waals surface area (Å²) in [5.41, 5.74) is -0.691. The van der Waals surface area contributed by atoms with Crippen molar-refractivity contribution in [3.63, 3.8) is 0 Å². The topological polar surface area (TPSA) is 72.5 Å². The monoisotopic (exact) mass is 422 g/mol. The van der Waals surface area contributed by atoms with Gasteiger partial charge in [-0.25, -0.2) is 4.68 Å². The fourth-order valence-corrected chi connectivity index (χ4v) is 2.91. The number of benzene rings is 1. The minimum absolute atomic E-state index is 0.0353. The molecule has 160 valence electrons. The van der Waals surface area contributed by atoms with Gasteiger partial charge in [0.05, 0.1) is 36.9 Å². The van der Waals surface area contributed by atoms with E-state index in [9.17, 15) is 18.0 Å². The average molecular weight is 422 g/mol. The molecule has 0 spiro atoms. The van der Waals surface area contributed by atoms with Crippen molar-refractivity contribution in [1.29, 1.82) is 0 Å². The van der Waals surface area contributed by atoms with Crippen LogP contribution in [-0.4, -0.2) is 48.3 Å². The molecule has 0 radical (unpaired) electrons. The van der Waals surface area contributed by atoms with Crippen molar-refractivity contribution in [1.82, 2.24) is 20.0 Å². The van der Waals surface area contributed by atoms with Gasteiger partial charge in [0.2, 0.25) is 0 Å². The number of alkyl halides is 3. The zero-order valence-electron chi connectivity index (χ0n) is 16.6. The fraction of sp³-hybridized carbons (Fsp3) is 0.300. The van der Waals surface area contributed by atoms with Gasteiger partial charge in [0.1, 0.15) is 5.76 Å². The third-order valence-corrected chi connectivity index (χ3v) is 4.50. The van der Waals surface area contributed by atoms with Crippen molar-refractivity contribution < 1.29 is 27.1 Å². The molecule has 1 amide bonds. The molecule has 10 heteroatoms. The molecule has 0 aliphatic heterocycles. The quantitative estimate of drug-likeness (QED) is 0.631. The Labute approximate surface area is 171 Å². The lowest BCUT2D eigenvalue weighted by molar-refractivity contribution is -0.137. The number of halogens is 3. The maximum atomic E-state index is 13.0. The Balaban J connectivity index is 1.81. The van der Waals surface area contributed by atoms with E-state index in [1.807, 2.05) is 19.0 Å². The van der Waals surface area contributed by atoms with Crippen molar-refractivity contribution in [2.45, 2.75) is 12.2 Å². The van der Waals surface area contributed by atoms with Gasteiger partial charge in [-0.1, -0.05) is 6.07 Å². The first kappa shape index (κ1) is 21.4. The van der Waals surface area contributed by atoms with Crippen LogP contribution >= 0.6 is 0 Å². The van der Waals surface area contributed by atoms with Crippen molar-refractivity contribution >= 4 is 5.91 Å². The number of amides is 1. The summed E-state index contributed by atoms with van der Waals surface area (Å²) in [6, 6.07) is 8.01. The summed E-state index contributed by atoms with van der Waals surface area (Å²) in [5, 5.41) is 6.90. The van der Waals surface area contributed by atoms with Crippen LogP contribution < -0.4 is 10.1 Å². The molecule has 0 aliphatic rings. The van der Waals surface area contributed by atoms with Crippen LogP contribution in [0.1, 0.15) is 27.9 Å². The summed E-state index contributed by atoms with van der Waals surface area (Å²) in [4.78, 5) is 14.6. The van der Waals surface area contributed by atoms with Crippen LogP contribution in [0, 0.1) is 0 Å². The molecule has 0 saturated heterocycles. The van der Waals surface area contributed by atoms with Crippen molar-refractivity contribution in [2.24, 2.45) is 0 Å². The molecule has 3 rings (SSSR count). The number of likely N-dealkylation sites (N-methyl/N-ethyl adjacent to an activating group) is 1.